The lowest BCUT2D eigenvalue weighted by atomic mass is 9.79. The van der Waals surface area contributed by atoms with Crippen LogP contribution in [0.4, 0.5) is 0 Å². The summed E-state index contributed by atoms with van der Waals surface area (Å²) in [5.74, 6) is 0.702. The smallest absolute Gasteiger partial charge is 0.306 e. The fraction of sp³-hybridized carbons (Fsp3) is 0.381. The fourth-order valence-electron chi connectivity index (χ4n) is 3.80. The second kappa shape index (κ2) is 7.88. The summed E-state index contributed by atoms with van der Waals surface area (Å²) < 4.78 is 16.1. The van der Waals surface area contributed by atoms with Crippen LogP contribution >= 0.6 is 0 Å². The molecular formula is C21H22N2O5. The molecule has 7 nitrogen and oxygen atoms in total. The molecule has 2 aliphatic rings. The molecule has 1 amide bonds. The minimum absolute atomic E-state index is 0.0342. The lowest BCUT2D eigenvalue weighted by Crippen LogP contribution is -2.34. The Kier molecular flexibility index (Phi) is 5.14. The van der Waals surface area contributed by atoms with E-state index < -0.39 is 5.97 Å². The summed E-state index contributed by atoms with van der Waals surface area (Å²) in [5, 5.41) is 6.07. The van der Waals surface area contributed by atoms with Gasteiger partial charge in [0.1, 0.15) is 17.6 Å². The number of hydrogen-bond donors (Lipinski definition) is 0. The molecule has 4 rings (SSSR count). The van der Waals surface area contributed by atoms with E-state index in [-0.39, 0.29) is 30.9 Å². The molecule has 1 aliphatic heterocycles. The van der Waals surface area contributed by atoms with Crippen molar-refractivity contribution < 1.29 is 23.2 Å². The molecule has 0 spiro atoms. The molecule has 0 bridgehead atoms. The highest BCUT2D eigenvalue weighted by Crippen LogP contribution is 2.44. The number of hydrazone groups is 1. The van der Waals surface area contributed by atoms with Crippen LogP contribution in [-0.4, -0.2) is 29.2 Å². The summed E-state index contributed by atoms with van der Waals surface area (Å²) in [6, 6.07) is 7.05. The molecule has 0 aromatic carbocycles. The summed E-state index contributed by atoms with van der Waals surface area (Å²) in [4.78, 5) is 24.3. The van der Waals surface area contributed by atoms with E-state index >= 15 is 0 Å². The Morgan fingerprint density at radius 1 is 1.29 bits per heavy atom. The Labute approximate surface area is 162 Å². The van der Waals surface area contributed by atoms with Crippen molar-refractivity contribution >= 4 is 23.7 Å². The van der Waals surface area contributed by atoms with Gasteiger partial charge in [-0.1, -0.05) is 6.92 Å². The predicted molar refractivity (Wildman–Crippen MR) is 101 cm³/mol. The summed E-state index contributed by atoms with van der Waals surface area (Å²) in [6.45, 7) is 1.36. The summed E-state index contributed by atoms with van der Waals surface area (Å²) in [6.07, 6.45) is 8.19. The van der Waals surface area contributed by atoms with Crippen molar-refractivity contribution in [3.8, 4) is 0 Å². The quantitative estimate of drug-likeness (QED) is 0.731. The lowest BCUT2D eigenvalue weighted by molar-refractivity contribution is -0.153. The van der Waals surface area contributed by atoms with Crippen LogP contribution in [0.15, 0.2) is 56.3 Å². The number of carbonyl (C=O) groups is 2. The van der Waals surface area contributed by atoms with Gasteiger partial charge in [0.25, 0.3) is 5.91 Å². The van der Waals surface area contributed by atoms with Crippen molar-refractivity contribution in [2.75, 3.05) is 6.61 Å². The second-order valence-electron chi connectivity index (χ2n) is 6.88. The Morgan fingerprint density at radius 2 is 2.11 bits per heavy atom. The SMILES string of the molecule is CCC(=O)OCC(=O)N1N=C2C(=Cc3ccco3)CCCC2C1c1ccco1. The number of carbonyl (C=O) groups excluding carboxylic acids is 2. The van der Waals surface area contributed by atoms with Crippen LogP contribution in [0.5, 0.6) is 0 Å². The van der Waals surface area contributed by atoms with Crippen LogP contribution in [0.25, 0.3) is 6.08 Å². The van der Waals surface area contributed by atoms with Gasteiger partial charge < -0.3 is 13.6 Å². The van der Waals surface area contributed by atoms with Crippen LogP contribution in [0.1, 0.15) is 50.2 Å². The molecule has 1 saturated carbocycles. The van der Waals surface area contributed by atoms with Crippen molar-refractivity contribution in [3.63, 3.8) is 0 Å². The Hall–Kier alpha value is -3.09. The van der Waals surface area contributed by atoms with Crippen molar-refractivity contribution in [1.82, 2.24) is 5.01 Å². The summed E-state index contributed by atoms with van der Waals surface area (Å²) in [5.41, 5.74) is 1.93. The van der Waals surface area contributed by atoms with Crippen LogP contribution in [0.2, 0.25) is 0 Å². The van der Waals surface area contributed by atoms with Crippen LogP contribution in [0.3, 0.4) is 0 Å². The van der Waals surface area contributed by atoms with Gasteiger partial charge in [-0.2, -0.15) is 5.10 Å². The standard InChI is InChI=1S/C21H22N2O5/c1-2-19(25)28-13-18(24)23-21(17-9-5-11-27-17)16-8-3-6-14(20(16)22-23)12-15-7-4-10-26-15/h4-5,7,9-12,16,21H,2-3,6,8,13H2,1H3. The van der Waals surface area contributed by atoms with Gasteiger partial charge in [0, 0.05) is 12.3 Å². The number of allylic oxidation sites excluding steroid dienone is 1. The lowest BCUT2D eigenvalue weighted by Gasteiger charge is -2.27. The number of rotatable bonds is 5. The van der Waals surface area contributed by atoms with Gasteiger partial charge in [0.05, 0.1) is 18.2 Å². The first-order valence-electron chi connectivity index (χ1n) is 9.51. The molecule has 0 saturated heterocycles. The van der Waals surface area contributed by atoms with Gasteiger partial charge in [-0.15, -0.1) is 0 Å². The normalized spacial score (nSPS) is 22.8. The van der Waals surface area contributed by atoms with E-state index in [4.69, 9.17) is 13.6 Å². The molecule has 2 unspecified atom stereocenters. The number of esters is 1. The van der Waals surface area contributed by atoms with E-state index in [0.717, 1.165) is 36.3 Å². The largest absolute Gasteiger partial charge is 0.467 e. The number of furan rings is 2. The molecule has 28 heavy (non-hydrogen) atoms. The number of nitrogens with zero attached hydrogens (tertiary/aromatic N) is 2. The van der Waals surface area contributed by atoms with Crippen molar-refractivity contribution in [2.45, 2.75) is 38.6 Å². The van der Waals surface area contributed by atoms with Crippen LogP contribution < -0.4 is 0 Å². The molecule has 146 valence electrons. The van der Waals surface area contributed by atoms with Crippen molar-refractivity contribution in [3.05, 3.63) is 53.9 Å². The van der Waals surface area contributed by atoms with Gasteiger partial charge in [0.2, 0.25) is 0 Å². The van der Waals surface area contributed by atoms with Gasteiger partial charge in [-0.25, -0.2) is 5.01 Å². The maximum absolute atomic E-state index is 12.8. The Bertz CT molecular complexity index is 895. The van der Waals surface area contributed by atoms with E-state index in [9.17, 15) is 9.59 Å². The molecule has 3 heterocycles. The Balaban J connectivity index is 1.65. The van der Waals surface area contributed by atoms with Crippen LogP contribution in [-0.2, 0) is 14.3 Å². The first-order valence-corrected chi connectivity index (χ1v) is 9.51. The molecule has 0 radical (unpaired) electrons. The molecule has 2 atom stereocenters. The summed E-state index contributed by atoms with van der Waals surface area (Å²) >= 11 is 0. The molecular weight excluding hydrogens is 360 g/mol. The van der Waals surface area contributed by atoms with Gasteiger partial charge >= 0.3 is 5.97 Å². The third kappa shape index (κ3) is 3.52. The predicted octanol–water partition coefficient (Wildman–Crippen LogP) is 3.95. The maximum Gasteiger partial charge on any atom is 0.306 e. The zero-order chi connectivity index (χ0) is 19.5. The minimum Gasteiger partial charge on any atom is -0.467 e. The molecule has 2 aromatic rings. The van der Waals surface area contributed by atoms with Gasteiger partial charge in [-0.05, 0) is 55.2 Å². The van der Waals surface area contributed by atoms with Crippen LogP contribution in [0, 0.1) is 5.92 Å². The van der Waals surface area contributed by atoms with E-state index in [1.807, 2.05) is 24.3 Å². The number of ether oxygens (including phenoxy) is 1. The number of hydrogen-bond acceptors (Lipinski definition) is 6. The average molecular weight is 382 g/mol. The highest BCUT2D eigenvalue weighted by molar-refractivity contribution is 6.08. The molecule has 1 aliphatic carbocycles. The first-order chi connectivity index (χ1) is 13.7. The van der Waals surface area contributed by atoms with E-state index in [0.29, 0.717) is 5.76 Å². The maximum atomic E-state index is 12.8. The first kappa shape index (κ1) is 18.3. The van der Waals surface area contributed by atoms with Gasteiger partial charge in [0.15, 0.2) is 6.61 Å². The molecule has 2 aromatic heterocycles. The van der Waals surface area contributed by atoms with E-state index in [2.05, 4.69) is 5.10 Å². The molecule has 0 N–H and O–H groups in total. The monoisotopic (exact) mass is 382 g/mol. The highest BCUT2D eigenvalue weighted by Gasteiger charge is 2.45. The third-order valence-electron chi connectivity index (χ3n) is 5.10. The third-order valence-corrected chi connectivity index (χ3v) is 5.10. The fourth-order valence-corrected chi connectivity index (χ4v) is 3.80. The zero-order valence-electron chi connectivity index (χ0n) is 15.7. The molecule has 1 fully saturated rings. The number of fused-ring (bicyclic) bond motifs is 1. The molecule has 7 heteroatoms. The Morgan fingerprint density at radius 3 is 2.82 bits per heavy atom. The topological polar surface area (TPSA) is 85.3 Å². The zero-order valence-corrected chi connectivity index (χ0v) is 15.7. The van der Waals surface area contributed by atoms with Gasteiger partial charge in [-0.3, -0.25) is 9.59 Å². The summed E-state index contributed by atoms with van der Waals surface area (Å²) in [7, 11) is 0. The highest BCUT2D eigenvalue weighted by atomic mass is 16.5. The average Bonchev–Trinajstić information content (AvgIpc) is 3.45. The van der Waals surface area contributed by atoms with E-state index in [1.165, 1.54) is 5.01 Å². The van der Waals surface area contributed by atoms with Crippen molar-refractivity contribution in [2.24, 2.45) is 11.0 Å². The minimum atomic E-state index is -0.412. The van der Waals surface area contributed by atoms with Crippen molar-refractivity contribution in [1.29, 1.82) is 0 Å². The van der Waals surface area contributed by atoms with E-state index in [1.54, 1.807) is 25.5 Å². The number of amides is 1. The second-order valence-corrected chi connectivity index (χ2v) is 6.88.